The molecule has 2 fully saturated rings. The minimum absolute atomic E-state index is 0.385. The fourth-order valence-corrected chi connectivity index (χ4v) is 8.09. The Morgan fingerprint density at radius 3 is 2.41 bits per heavy atom. The van der Waals surface area contributed by atoms with E-state index < -0.39 is 7.14 Å². The topological polar surface area (TPSA) is 102 Å². The van der Waals surface area contributed by atoms with Gasteiger partial charge in [-0.05, 0) is 85.9 Å². The zero-order chi connectivity index (χ0) is 31.0. The van der Waals surface area contributed by atoms with Crippen LogP contribution in [0.4, 0.5) is 28.8 Å². The maximum Gasteiger partial charge on any atom is 0.229 e. The molecule has 2 N–H and O–H groups in total. The second-order valence-corrected chi connectivity index (χ2v) is 16.5. The van der Waals surface area contributed by atoms with E-state index in [9.17, 15) is 4.57 Å². The number of piperidine rings is 1. The van der Waals surface area contributed by atoms with E-state index in [0.29, 0.717) is 49.3 Å². The number of hydrogen-bond acceptors (Lipinski definition) is 10. The highest BCUT2D eigenvalue weighted by molar-refractivity contribution is 9.10. The Kier molecular flexibility index (Phi) is 9.13. The molecule has 0 radical (unpaired) electrons. The minimum atomic E-state index is -2.73. The molecule has 2 aromatic heterocycles. The van der Waals surface area contributed by atoms with Crippen molar-refractivity contribution in [2.24, 2.45) is 0 Å². The number of halogens is 2. The highest BCUT2D eigenvalue weighted by Crippen LogP contribution is 2.41. The summed E-state index contributed by atoms with van der Waals surface area (Å²) in [5.74, 6) is 0.907. The van der Waals surface area contributed by atoms with Gasteiger partial charge in [0.2, 0.25) is 5.95 Å². The van der Waals surface area contributed by atoms with Crippen molar-refractivity contribution < 1.29 is 4.57 Å². The summed E-state index contributed by atoms with van der Waals surface area (Å²) in [6, 6.07) is 8.50. The van der Waals surface area contributed by atoms with Gasteiger partial charge in [-0.15, -0.1) is 0 Å². The van der Waals surface area contributed by atoms with E-state index in [1.54, 1.807) is 31.9 Å². The number of fused-ring (bicyclic) bond motifs is 1. The Morgan fingerprint density at radius 2 is 1.68 bits per heavy atom. The molecule has 2 saturated heterocycles. The van der Waals surface area contributed by atoms with E-state index in [4.69, 9.17) is 16.6 Å². The van der Waals surface area contributed by atoms with Gasteiger partial charge in [0.25, 0.3) is 0 Å². The fourth-order valence-electron chi connectivity index (χ4n) is 6.20. The third kappa shape index (κ3) is 6.72. The molecule has 2 aliphatic rings. The minimum Gasteiger partial charge on any atom is -0.371 e. The molecule has 0 spiro atoms. The Labute approximate surface area is 272 Å². The van der Waals surface area contributed by atoms with E-state index in [2.05, 4.69) is 82.3 Å². The lowest BCUT2D eigenvalue weighted by Gasteiger charge is -2.43. The zero-order valence-electron chi connectivity index (χ0n) is 25.5. The van der Waals surface area contributed by atoms with Crippen LogP contribution in [0, 0.1) is 6.92 Å². The number of aromatic nitrogens is 4. The third-order valence-electron chi connectivity index (χ3n) is 8.54. The maximum atomic E-state index is 13.4. The molecular weight excluding hydrogens is 661 g/mol. The molecule has 6 rings (SSSR count). The van der Waals surface area contributed by atoms with Crippen LogP contribution in [0.25, 0.3) is 11.0 Å². The second kappa shape index (κ2) is 12.9. The van der Waals surface area contributed by atoms with E-state index in [1.807, 2.05) is 12.1 Å². The van der Waals surface area contributed by atoms with Crippen molar-refractivity contribution in [2.45, 2.75) is 25.8 Å². The number of nitrogens with zero attached hydrogens (tertiary/aromatic N) is 7. The number of benzene rings is 2. The van der Waals surface area contributed by atoms with Crippen molar-refractivity contribution in [3.05, 3.63) is 57.9 Å². The van der Waals surface area contributed by atoms with Gasteiger partial charge in [0.1, 0.15) is 18.5 Å². The molecule has 4 heterocycles. The molecule has 0 atom stereocenters. The summed E-state index contributed by atoms with van der Waals surface area (Å²) in [6.07, 6.45) is 7.25. The third-order valence-corrected chi connectivity index (χ3v) is 11.0. The number of hydrogen-bond donors (Lipinski definition) is 2. The van der Waals surface area contributed by atoms with Gasteiger partial charge >= 0.3 is 0 Å². The molecule has 2 aromatic carbocycles. The van der Waals surface area contributed by atoms with Crippen molar-refractivity contribution in [1.82, 2.24) is 29.7 Å². The van der Waals surface area contributed by atoms with Gasteiger partial charge in [0.05, 0.1) is 31.7 Å². The monoisotopic (exact) mass is 697 g/mol. The van der Waals surface area contributed by atoms with Gasteiger partial charge in [0, 0.05) is 69.6 Å². The normalized spacial score (nSPS) is 17.3. The van der Waals surface area contributed by atoms with Crippen molar-refractivity contribution in [2.75, 3.05) is 75.2 Å². The number of nitrogens with one attached hydrogen (secondary N) is 2. The Hall–Kier alpha value is -2.82. The summed E-state index contributed by atoms with van der Waals surface area (Å²) in [7, 11) is -0.519. The summed E-state index contributed by atoms with van der Waals surface area (Å²) in [5, 5.41) is 7.89. The fraction of sp³-hybridized carbons (Fsp3) is 0.419. The molecule has 0 amide bonds. The van der Waals surface area contributed by atoms with Crippen molar-refractivity contribution >= 4 is 79.8 Å². The van der Waals surface area contributed by atoms with E-state index in [1.165, 1.54) is 18.5 Å². The lowest BCUT2D eigenvalue weighted by atomic mass is 10.0. The lowest BCUT2D eigenvalue weighted by Crippen LogP contribution is -2.52. The van der Waals surface area contributed by atoms with Gasteiger partial charge < -0.3 is 25.0 Å². The number of aryl methyl sites for hydroxylation is 1. The number of rotatable bonds is 7. The molecule has 13 heteroatoms. The van der Waals surface area contributed by atoms with Gasteiger partial charge in [0.15, 0.2) is 0 Å². The van der Waals surface area contributed by atoms with Crippen LogP contribution in [-0.4, -0.2) is 95.4 Å². The summed E-state index contributed by atoms with van der Waals surface area (Å²) < 4.78 is 14.0. The van der Waals surface area contributed by atoms with Crippen LogP contribution < -0.4 is 20.8 Å². The van der Waals surface area contributed by atoms with Crippen LogP contribution in [0.2, 0.25) is 5.02 Å². The predicted octanol–water partition coefficient (Wildman–Crippen LogP) is 6.10. The molecule has 0 aliphatic carbocycles. The molecule has 0 saturated carbocycles. The summed E-state index contributed by atoms with van der Waals surface area (Å²) in [5.41, 5.74) is 5.02. The molecule has 2 aliphatic heterocycles. The van der Waals surface area contributed by atoms with Crippen LogP contribution in [-0.2, 0) is 4.57 Å². The average Bonchev–Trinajstić information content (AvgIpc) is 3.00. The molecule has 4 aromatic rings. The molecular formula is C31H38BrClN9OP. The summed E-state index contributed by atoms with van der Waals surface area (Å²) in [6.45, 7) is 12.3. The molecule has 0 unspecified atom stereocenters. The number of anilines is 5. The van der Waals surface area contributed by atoms with Gasteiger partial charge in [-0.25, -0.2) is 4.98 Å². The van der Waals surface area contributed by atoms with E-state index >= 15 is 0 Å². The Morgan fingerprint density at radius 1 is 0.955 bits per heavy atom. The second-order valence-electron chi connectivity index (χ2n) is 12.1. The maximum absolute atomic E-state index is 13.4. The van der Waals surface area contributed by atoms with Gasteiger partial charge in [-0.3, -0.25) is 14.9 Å². The quantitative estimate of drug-likeness (QED) is 0.221. The van der Waals surface area contributed by atoms with Crippen LogP contribution in [0.1, 0.15) is 18.4 Å². The molecule has 44 heavy (non-hydrogen) atoms. The number of piperazine rings is 1. The first kappa shape index (κ1) is 31.2. The molecule has 0 bridgehead atoms. The lowest BCUT2D eigenvalue weighted by molar-refractivity contribution is 0.0982. The largest absolute Gasteiger partial charge is 0.371 e. The van der Waals surface area contributed by atoms with Crippen LogP contribution in [0.15, 0.2) is 47.3 Å². The SMILES string of the molecule is Cc1cc(Nc2ncc(Br)c(Nc3ccc4nccnc4c3P(C)(C)=O)n2)c(Cl)cc1N1CCC(N2CCN(C)CC2)CC1. The first-order chi connectivity index (χ1) is 21.1. The number of likely N-dealkylation sites (N-methyl/N-ethyl adjacent to an activating group) is 1. The summed E-state index contributed by atoms with van der Waals surface area (Å²) >= 11 is 10.4. The average molecular weight is 699 g/mol. The standard InChI is InChI=1S/C31H38BrClN9OP/c1-20-17-26(23(33)18-27(20)42-11-7-21(8-12-42)41-15-13-40(2)14-16-41)38-31-36-19-22(32)30(39-31)37-25-6-5-24-28(35-10-9-34-24)29(25)44(3,4)43/h5-6,9-10,17-19,21H,7-8,11-16H2,1-4H3,(H2,36,37,38,39). The van der Waals surface area contributed by atoms with Crippen molar-refractivity contribution in [3.8, 4) is 0 Å². The van der Waals surface area contributed by atoms with E-state index in [-0.39, 0.29) is 0 Å². The summed E-state index contributed by atoms with van der Waals surface area (Å²) in [4.78, 5) is 25.6. The predicted molar refractivity (Wildman–Crippen MR) is 185 cm³/mol. The molecule has 10 nitrogen and oxygen atoms in total. The highest BCUT2D eigenvalue weighted by atomic mass is 79.9. The van der Waals surface area contributed by atoms with Gasteiger partial charge in [-0.2, -0.15) is 4.98 Å². The van der Waals surface area contributed by atoms with E-state index in [0.717, 1.165) is 50.5 Å². The first-order valence-electron chi connectivity index (χ1n) is 14.9. The van der Waals surface area contributed by atoms with Crippen LogP contribution >= 0.6 is 34.7 Å². The van der Waals surface area contributed by atoms with Crippen LogP contribution in [0.3, 0.4) is 0 Å². The van der Waals surface area contributed by atoms with Crippen molar-refractivity contribution in [3.63, 3.8) is 0 Å². The van der Waals surface area contributed by atoms with Crippen LogP contribution in [0.5, 0.6) is 0 Å². The smallest absolute Gasteiger partial charge is 0.229 e. The highest BCUT2D eigenvalue weighted by Gasteiger charge is 2.28. The Balaban J connectivity index is 1.18. The Bertz CT molecular complexity index is 1720. The molecule has 232 valence electrons. The zero-order valence-corrected chi connectivity index (χ0v) is 28.8. The first-order valence-corrected chi connectivity index (χ1v) is 18.7. The van der Waals surface area contributed by atoms with Gasteiger partial charge in [-0.1, -0.05) is 11.6 Å². The van der Waals surface area contributed by atoms with Crippen molar-refractivity contribution in [1.29, 1.82) is 0 Å².